The van der Waals surface area contributed by atoms with Crippen molar-refractivity contribution >= 4 is 15.5 Å². The fraction of sp³-hybridized carbons (Fsp3) is 0.478. The average Bonchev–Trinajstić information content (AvgIpc) is 2.73. The molecule has 1 aliphatic rings. The Bertz CT molecular complexity index is 908. The molecule has 3 rings (SSSR count). The Kier molecular flexibility index (Phi) is 7.75. The van der Waals surface area contributed by atoms with Crippen LogP contribution in [0, 0.1) is 0 Å². The number of nitrogens with zero attached hydrogens (tertiary/aromatic N) is 2. The molecule has 2 aromatic carbocycles. The molecule has 0 atom stereocenters. The van der Waals surface area contributed by atoms with Gasteiger partial charge in [-0.25, -0.2) is 8.42 Å². The lowest BCUT2D eigenvalue weighted by atomic mass is 10.0. The zero-order valence-electron chi connectivity index (χ0n) is 18.2. The van der Waals surface area contributed by atoms with Gasteiger partial charge in [0.15, 0.2) is 9.84 Å². The smallest absolute Gasteiger partial charge is 0.175 e. The van der Waals surface area contributed by atoms with Crippen molar-refractivity contribution in [2.45, 2.75) is 30.3 Å². The summed E-state index contributed by atoms with van der Waals surface area (Å²) in [5, 5.41) is 3.46. The van der Waals surface area contributed by atoms with Crippen LogP contribution >= 0.6 is 0 Å². The standard InChI is InChI=1S/C23H33N3O3S/c1-25-15-12-20(13-16-25)26(2)23-7-5-4-6-19(23)18-24-14-17-29-21-8-10-22(11-9-21)30(3,27)28/h4-11,20,24H,12-18H2,1-3H3. The van der Waals surface area contributed by atoms with E-state index >= 15 is 0 Å². The Morgan fingerprint density at radius 2 is 1.77 bits per heavy atom. The quantitative estimate of drug-likeness (QED) is 0.616. The number of likely N-dealkylation sites (tertiary alicyclic amines) is 1. The van der Waals surface area contributed by atoms with Gasteiger partial charge in [-0.2, -0.15) is 0 Å². The molecule has 1 N–H and O–H groups in total. The summed E-state index contributed by atoms with van der Waals surface area (Å²) in [6, 6.07) is 15.7. The molecule has 0 spiro atoms. The first kappa shape index (κ1) is 22.6. The van der Waals surface area contributed by atoms with E-state index in [2.05, 4.69) is 53.5 Å². The van der Waals surface area contributed by atoms with Gasteiger partial charge in [-0.1, -0.05) is 18.2 Å². The van der Waals surface area contributed by atoms with E-state index in [1.165, 1.54) is 30.3 Å². The van der Waals surface area contributed by atoms with Crippen LogP contribution in [0.4, 0.5) is 5.69 Å². The van der Waals surface area contributed by atoms with Gasteiger partial charge in [0, 0.05) is 38.1 Å². The second kappa shape index (κ2) is 10.3. The number of piperidine rings is 1. The maximum Gasteiger partial charge on any atom is 0.175 e. The summed E-state index contributed by atoms with van der Waals surface area (Å²) in [5.74, 6) is 0.673. The minimum absolute atomic E-state index is 0.304. The van der Waals surface area contributed by atoms with Gasteiger partial charge in [-0.05, 0) is 68.9 Å². The van der Waals surface area contributed by atoms with Crippen molar-refractivity contribution in [3.8, 4) is 5.75 Å². The van der Waals surface area contributed by atoms with Gasteiger partial charge in [0.05, 0.1) is 4.90 Å². The summed E-state index contributed by atoms with van der Waals surface area (Å²) >= 11 is 0. The van der Waals surface area contributed by atoms with Gasteiger partial charge in [0.25, 0.3) is 0 Å². The first-order chi connectivity index (χ1) is 14.3. The summed E-state index contributed by atoms with van der Waals surface area (Å²) in [6.45, 7) is 4.31. The van der Waals surface area contributed by atoms with Crippen LogP contribution in [0.3, 0.4) is 0 Å². The van der Waals surface area contributed by atoms with E-state index in [0.717, 1.165) is 19.6 Å². The molecule has 30 heavy (non-hydrogen) atoms. The molecule has 0 saturated carbocycles. The van der Waals surface area contributed by atoms with Crippen LogP contribution in [0.15, 0.2) is 53.4 Å². The third kappa shape index (κ3) is 6.20. The van der Waals surface area contributed by atoms with Crippen molar-refractivity contribution in [2.24, 2.45) is 0 Å². The van der Waals surface area contributed by atoms with Crippen molar-refractivity contribution in [1.82, 2.24) is 10.2 Å². The van der Waals surface area contributed by atoms with Gasteiger partial charge < -0.3 is 19.9 Å². The van der Waals surface area contributed by atoms with E-state index in [1.54, 1.807) is 24.3 Å². The number of benzene rings is 2. The number of rotatable bonds is 9. The van der Waals surface area contributed by atoms with Crippen LogP contribution in [0.1, 0.15) is 18.4 Å². The molecule has 0 radical (unpaired) electrons. The van der Waals surface area contributed by atoms with Gasteiger partial charge in [-0.3, -0.25) is 0 Å². The third-order valence-electron chi connectivity index (χ3n) is 5.72. The Labute approximate surface area is 180 Å². The Morgan fingerprint density at radius 3 is 2.43 bits per heavy atom. The summed E-state index contributed by atoms with van der Waals surface area (Å²) < 4.78 is 28.7. The highest BCUT2D eigenvalue weighted by molar-refractivity contribution is 7.90. The van der Waals surface area contributed by atoms with E-state index in [9.17, 15) is 8.42 Å². The summed E-state index contributed by atoms with van der Waals surface area (Å²) in [5.41, 5.74) is 2.58. The van der Waals surface area contributed by atoms with Gasteiger partial charge >= 0.3 is 0 Å². The molecule has 1 fully saturated rings. The summed E-state index contributed by atoms with van der Waals surface area (Å²) in [6.07, 6.45) is 3.59. The molecular formula is C23H33N3O3S. The van der Waals surface area contributed by atoms with Gasteiger partial charge in [0.2, 0.25) is 0 Å². The molecular weight excluding hydrogens is 398 g/mol. The molecule has 0 amide bonds. The van der Waals surface area contributed by atoms with Crippen molar-refractivity contribution in [3.05, 3.63) is 54.1 Å². The van der Waals surface area contributed by atoms with Crippen LogP contribution in [-0.4, -0.2) is 66.0 Å². The molecule has 1 heterocycles. The third-order valence-corrected chi connectivity index (χ3v) is 6.85. The van der Waals surface area contributed by atoms with Crippen molar-refractivity contribution in [1.29, 1.82) is 0 Å². The number of sulfone groups is 1. The highest BCUT2D eigenvalue weighted by Gasteiger charge is 2.22. The molecule has 0 unspecified atom stereocenters. The Morgan fingerprint density at radius 1 is 1.10 bits per heavy atom. The molecule has 164 valence electrons. The van der Waals surface area contributed by atoms with Gasteiger partial charge in [0.1, 0.15) is 12.4 Å². The number of hydrogen-bond donors (Lipinski definition) is 1. The number of nitrogens with one attached hydrogen (secondary N) is 1. The largest absolute Gasteiger partial charge is 0.492 e. The normalized spacial score (nSPS) is 15.8. The fourth-order valence-corrected chi connectivity index (χ4v) is 4.46. The maximum atomic E-state index is 11.5. The first-order valence-electron chi connectivity index (χ1n) is 10.5. The van der Waals surface area contributed by atoms with E-state index < -0.39 is 9.84 Å². The minimum atomic E-state index is -3.18. The molecule has 1 aliphatic heterocycles. The van der Waals surface area contributed by atoms with Crippen LogP contribution in [0.5, 0.6) is 5.75 Å². The zero-order chi connectivity index (χ0) is 21.6. The highest BCUT2D eigenvalue weighted by Crippen LogP contribution is 2.25. The van der Waals surface area contributed by atoms with E-state index in [-0.39, 0.29) is 0 Å². The molecule has 0 aromatic heterocycles. The lowest BCUT2D eigenvalue weighted by molar-refractivity contribution is 0.252. The maximum absolute atomic E-state index is 11.5. The zero-order valence-corrected chi connectivity index (χ0v) is 19.0. The second-order valence-electron chi connectivity index (χ2n) is 8.04. The molecule has 6 nitrogen and oxygen atoms in total. The molecule has 2 aromatic rings. The van der Waals surface area contributed by atoms with E-state index in [4.69, 9.17) is 4.74 Å². The molecule has 0 aliphatic carbocycles. The lowest BCUT2D eigenvalue weighted by Crippen LogP contribution is -2.42. The van der Waals surface area contributed by atoms with Crippen molar-refractivity contribution in [3.63, 3.8) is 0 Å². The molecule has 7 heteroatoms. The minimum Gasteiger partial charge on any atom is -0.492 e. The number of anilines is 1. The van der Waals surface area contributed by atoms with Crippen LogP contribution in [0.2, 0.25) is 0 Å². The predicted molar refractivity (Wildman–Crippen MR) is 122 cm³/mol. The lowest BCUT2D eigenvalue weighted by Gasteiger charge is -2.37. The number of hydrogen-bond acceptors (Lipinski definition) is 6. The van der Waals surface area contributed by atoms with Crippen LogP contribution in [0.25, 0.3) is 0 Å². The Balaban J connectivity index is 1.47. The second-order valence-corrected chi connectivity index (χ2v) is 10.1. The monoisotopic (exact) mass is 431 g/mol. The van der Waals surface area contributed by atoms with E-state index in [1.807, 2.05) is 0 Å². The first-order valence-corrected chi connectivity index (χ1v) is 12.4. The van der Waals surface area contributed by atoms with Crippen LogP contribution < -0.4 is 15.0 Å². The highest BCUT2D eigenvalue weighted by atomic mass is 32.2. The summed E-state index contributed by atoms with van der Waals surface area (Å²) in [4.78, 5) is 5.13. The predicted octanol–water partition coefficient (Wildman–Crippen LogP) is 2.79. The number of para-hydroxylation sites is 1. The number of ether oxygens (including phenoxy) is 1. The summed E-state index contributed by atoms with van der Waals surface area (Å²) in [7, 11) is 1.22. The molecule has 0 bridgehead atoms. The topological polar surface area (TPSA) is 61.9 Å². The SMILES string of the molecule is CN1CCC(N(C)c2ccccc2CNCCOc2ccc(S(C)(=O)=O)cc2)CC1. The van der Waals surface area contributed by atoms with E-state index in [0.29, 0.717) is 29.8 Å². The van der Waals surface area contributed by atoms with Crippen molar-refractivity contribution < 1.29 is 13.2 Å². The fourth-order valence-electron chi connectivity index (χ4n) is 3.83. The average molecular weight is 432 g/mol. The van der Waals surface area contributed by atoms with Crippen molar-refractivity contribution in [2.75, 3.05) is 51.5 Å². The Hall–Kier alpha value is -2.09. The van der Waals surface area contributed by atoms with Gasteiger partial charge in [-0.15, -0.1) is 0 Å². The van der Waals surface area contributed by atoms with Crippen LogP contribution in [-0.2, 0) is 16.4 Å². The molecule has 1 saturated heterocycles.